The predicted octanol–water partition coefficient (Wildman–Crippen LogP) is 2.34. The number of anilines is 1. The lowest BCUT2D eigenvalue weighted by Gasteiger charge is -2.15. The zero-order valence-electron chi connectivity index (χ0n) is 8.70. The fourth-order valence-corrected chi connectivity index (χ4v) is 2.61. The topological polar surface area (TPSA) is 37.4 Å². The molecular weight excluding hydrogens is 290 g/mol. The van der Waals surface area contributed by atoms with Gasteiger partial charge in [-0.05, 0) is 34.3 Å². The van der Waals surface area contributed by atoms with E-state index in [4.69, 9.17) is 0 Å². The molecule has 1 aromatic rings. The van der Waals surface area contributed by atoms with Gasteiger partial charge in [-0.15, -0.1) is 0 Å². The summed E-state index contributed by atoms with van der Waals surface area (Å²) in [6.07, 6.45) is 1.98. The number of amides is 1. The van der Waals surface area contributed by atoms with Crippen molar-refractivity contribution in [3.8, 4) is 0 Å². The molecule has 1 aliphatic rings. The van der Waals surface area contributed by atoms with Gasteiger partial charge >= 0.3 is 0 Å². The maximum Gasteiger partial charge on any atom is 0.299 e. The van der Waals surface area contributed by atoms with Crippen LogP contribution in [0.15, 0.2) is 22.7 Å². The number of benzene rings is 1. The second kappa shape index (κ2) is 4.59. The summed E-state index contributed by atoms with van der Waals surface area (Å²) in [5, 5.41) is 0. The SMILES string of the molecule is CSCCN1C(=O)C(=O)c2c(Br)cccc21. The Hall–Kier alpha value is -0.810. The molecule has 1 aromatic carbocycles. The monoisotopic (exact) mass is 299 g/mol. The first-order valence-electron chi connectivity index (χ1n) is 4.80. The largest absolute Gasteiger partial charge is 0.304 e. The highest BCUT2D eigenvalue weighted by Crippen LogP contribution is 2.34. The Balaban J connectivity index is 2.42. The summed E-state index contributed by atoms with van der Waals surface area (Å²) in [5.74, 6) is -0.00939. The second-order valence-electron chi connectivity index (χ2n) is 3.41. The summed E-state index contributed by atoms with van der Waals surface area (Å²) in [4.78, 5) is 25.1. The lowest BCUT2D eigenvalue weighted by Crippen LogP contribution is -2.31. The number of hydrogen-bond donors (Lipinski definition) is 0. The molecule has 2 rings (SSSR count). The summed E-state index contributed by atoms with van der Waals surface area (Å²) in [7, 11) is 0. The maximum atomic E-state index is 11.8. The molecule has 0 saturated heterocycles. The van der Waals surface area contributed by atoms with Gasteiger partial charge in [-0.3, -0.25) is 9.59 Å². The highest BCUT2D eigenvalue weighted by molar-refractivity contribution is 9.10. The van der Waals surface area contributed by atoms with Crippen molar-refractivity contribution in [2.24, 2.45) is 0 Å². The van der Waals surface area contributed by atoms with Gasteiger partial charge in [0.2, 0.25) is 0 Å². The maximum absolute atomic E-state index is 11.8. The Labute approximate surface area is 106 Å². The van der Waals surface area contributed by atoms with Crippen LogP contribution >= 0.6 is 27.7 Å². The molecule has 0 fully saturated rings. The van der Waals surface area contributed by atoms with Crippen molar-refractivity contribution in [3.63, 3.8) is 0 Å². The van der Waals surface area contributed by atoms with Crippen molar-refractivity contribution in [3.05, 3.63) is 28.2 Å². The van der Waals surface area contributed by atoms with Crippen LogP contribution in [0.25, 0.3) is 0 Å². The van der Waals surface area contributed by atoms with Crippen molar-refractivity contribution in [1.82, 2.24) is 0 Å². The molecule has 0 N–H and O–H groups in total. The lowest BCUT2D eigenvalue weighted by molar-refractivity contribution is -0.114. The van der Waals surface area contributed by atoms with Gasteiger partial charge in [0.1, 0.15) is 0 Å². The predicted molar refractivity (Wildman–Crippen MR) is 69.2 cm³/mol. The number of nitrogens with zero attached hydrogens (tertiary/aromatic N) is 1. The van der Waals surface area contributed by atoms with E-state index in [1.54, 1.807) is 22.7 Å². The Kier molecular flexibility index (Phi) is 3.35. The van der Waals surface area contributed by atoms with E-state index in [1.807, 2.05) is 18.4 Å². The van der Waals surface area contributed by atoms with Crippen LogP contribution in [0.3, 0.4) is 0 Å². The van der Waals surface area contributed by atoms with E-state index in [9.17, 15) is 9.59 Å². The molecule has 5 heteroatoms. The molecule has 16 heavy (non-hydrogen) atoms. The van der Waals surface area contributed by atoms with Crippen LogP contribution < -0.4 is 4.90 Å². The first-order valence-corrected chi connectivity index (χ1v) is 6.99. The highest BCUT2D eigenvalue weighted by Gasteiger charge is 2.36. The van der Waals surface area contributed by atoms with Gasteiger partial charge in [0, 0.05) is 16.8 Å². The van der Waals surface area contributed by atoms with Crippen LogP contribution in [0.2, 0.25) is 0 Å². The number of thioether (sulfide) groups is 1. The van der Waals surface area contributed by atoms with Crippen LogP contribution in [0.4, 0.5) is 5.69 Å². The zero-order chi connectivity index (χ0) is 11.7. The van der Waals surface area contributed by atoms with Crippen LogP contribution in [0.5, 0.6) is 0 Å². The number of halogens is 1. The molecule has 0 atom stereocenters. The minimum atomic E-state index is -0.420. The van der Waals surface area contributed by atoms with Gasteiger partial charge in [-0.1, -0.05) is 6.07 Å². The molecule has 1 heterocycles. The molecule has 0 bridgehead atoms. The Morgan fingerprint density at radius 2 is 2.12 bits per heavy atom. The second-order valence-corrected chi connectivity index (χ2v) is 5.25. The smallest absolute Gasteiger partial charge is 0.299 e. The minimum Gasteiger partial charge on any atom is -0.304 e. The summed E-state index contributed by atoms with van der Waals surface area (Å²) >= 11 is 4.96. The van der Waals surface area contributed by atoms with E-state index >= 15 is 0 Å². The standard InChI is InChI=1S/C11H10BrNO2S/c1-16-6-5-13-8-4-2-3-7(12)9(8)10(14)11(13)15/h2-4H,5-6H2,1H3. The van der Waals surface area contributed by atoms with Crippen molar-refractivity contribution in [2.75, 3.05) is 23.5 Å². The van der Waals surface area contributed by atoms with Gasteiger partial charge in [0.15, 0.2) is 0 Å². The van der Waals surface area contributed by atoms with Crippen LogP contribution in [0.1, 0.15) is 10.4 Å². The molecule has 1 amide bonds. The third-order valence-electron chi connectivity index (χ3n) is 2.47. The van der Waals surface area contributed by atoms with Gasteiger partial charge in [-0.25, -0.2) is 0 Å². The minimum absolute atomic E-state index is 0.413. The average Bonchev–Trinajstić information content (AvgIpc) is 2.51. The van der Waals surface area contributed by atoms with E-state index in [1.165, 1.54) is 0 Å². The van der Waals surface area contributed by atoms with Gasteiger partial charge in [-0.2, -0.15) is 11.8 Å². The van der Waals surface area contributed by atoms with E-state index in [-0.39, 0.29) is 0 Å². The van der Waals surface area contributed by atoms with Crippen molar-refractivity contribution >= 4 is 45.1 Å². The van der Waals surface area contributed by atoms with Crippen LogP contribution in [0, 0.1) is 0 Å². The number of rotatable bonds is 3. The normalized spacial score (nSPS) is 14.5. The molecular formula is C11H10BrNO2S. The number of ketones is 1. The van der Waals surface area contributed by atoms with E-state index < -0.39 is 11.7 Å². The van der Waals surface area contributed by atoms with Crippen LogP contribution in [-0.2, 0) is 4.79 Å². The van der Waals surface area contributed by atoms with Crippen LogP contribution in [-0.4, -0.2) is 30.2 Å². The lowest BCUT2D eigenvalue weighted by atomic mass is 10.1. The number of carbonyl (C=O) groups excluding carboxylic acids is 2. The third-order valence-corrected chi connectivity index (χ3v) is 3.72. The fourth-order valence-electron chi connectivity index (χ4n) is 1.71. The first kappa shape index (κ1) is 11.7. The number of carbonyl (C=O) groups is 2. The van der Waals surface area contributed by atoms with Gasteiger partial charge in [0.25, 0.3) is 11.7 Å². The third kappa shape index (κ3) is 1.78. The zero-order valence-corrected chi connectivity index (χ0v) is 11.1. The number of hydrogen-bond acceptors (Lipinski definition) is 3. The summed E-state index contributed by atoms with van der Waals surface area (Å²) in [6, 6.07) is 5.42. The number of Topliss-reactive ketones (excluding diaryl/α,β-unsaturated/α-hetero) is 1. The van der Waals surface area contributed by atoms with E-state index in [0.717, 1.165) is 11.4 Å². The molecule has 0 saturated carbocycles. The molecule has 0 aromatic heterocycles. The van der Waals surface area contributed by atoms with Crippen molar-refractivity contribution < 1.29 is 9.59 Å². The Morgan fingerprint density at radius 3 is 2.81 bits per heavy atom. The first-order chi connectivity index (χ1) is 7.66. The van der Waals surface area contributed by atoms with Gasteiger partial charge in [0.05, 0.1) is 11.3 Å². The van der Waals surface area contributed by atoms with E-state index in [0.29, 0.717) is 16.6 Å². The molecule has 0 unspecified atom stereocenters. The molecule has 0 aliphatic carbocycles. The van der Waals surface area contributed by atoms with Crippen molar-refractivity contribution in [1.29, 1.82) is 0 Å². The summed E-state index contributed by atoms with van der Waals surface area (Å²) in [5.41, 5.74) is 1.21. The summed E-state index contributed by atoms with van der Waals surface area (Å²) < 4.78 is 0.690. The molecule has 84 valence electrons. The quantitative estimate of drug-likeness (QED) is 0.804. The van der Waals surface area contributed by atoms with E-state index in [2.05, 4.69) is 15.9 Å². The Bertz CT molecular complexity index is 461. The van der Waals surface area contributed by atoms with Crippen molar-refractivity contribution in [2.45, 2.75) is 0 Å². The number of fused-ring (bicyclic) bond motifs is 1. The summed E-state index contributed by atoms with van der Waals surface area (Å²) in [6.45, 7) is 0.579. The average molecular weight is 300 g/mol. The molecule has 1 aliphatic heterocycles. The molecule has 3 nitrogen and oxygen atoms in total. The molecule has 0 spiro atoms. The molecule has 0 radical (unpaired) electrons. The fraction of sp³-hybridized carbons (Fsp3) is 0.273. The highest BCUT2D eigenvalue weighted by atomic mass is 79.9. The van der Waals surface area contributed by atoms with Gasteiger partial charge < -0.3 is 4.90 Å². The Morgan fingerprint density at radius 1 is 1.38 bits per heavy atom.